The predicted molar refractivity (Wildman–Crippen MR) is 75.3 cm³/mol. The van der Waals surface area contributed by atoms with Crippen LogP contribution < -0.4 is 11.1 Å². The molecule has 18 heavy (non-hydrogen) atoms. The summed E-state index contributed by atoms with van der Waals surface area (Å²) in [6.07, 6.45) is 2.77. The number of nitrogens with two attached hydrogens (primary N) is 1. The zero-order valence-electron chi connectivity index (χ0n) is 12.1. The van der Waals surface area contributed by atoms with Crippen molar-refractivity contribution in [2.75, 3.05) is 26.2 Å². The van der Waals surface area contributed by atoms with Crippen LogP contribution in [0.1, 0.15) is 40.0 Å². The third kappa shape index (κ3) is 4.58. The molecule has 2 atom stereocenters. The van der Waals surface area contributed by atoms with Crippen LogP contribution in [0.4, 0.5) is 0 Å². The van der Waals surface area contributed by atoms with Gasteiger partial charge in [-0.15, -0.1) is 0 Å². The van der Waals surface area contributed by atoms with Crippen molar-refractivity contribution in [2.24, 2.45) is 17.6 Å². The summed E-state index contributed by atoms with van der Waals surface area (Å²) in [4.78, 5) is 14.1. The molecular formula is C14H29N3O. The van der Waals surface area contributed by atoms with Crippen LogP contribution in [0.5, 0.6) is 0 Å². The number of hydrogen-bond donors (Lipinski definition) is 2. The molecule has 3 N–H and O–H groups in total. The van der Waals surface area contributed by atoms with E-state index in [1.54, 1.807) is 0 Å². The molecule has 1 fully saturated rings. The highest BCUT2D eigenvalue weighted by atomic mass is 16.1. The van der Waals surface area contributed by atoms with Crippen molar-refractivity contribution in [2.45, 2.75) is 46.1 Å². The number of nitrogens with zero attached hydrogens (tertiary/aromatic N) is 1. The summed E-state index contributed by atoms with van der Waals surface area (Å²) >= 11 is 0. The number of carbonyl (C=O) groups is 1. The maximum Gasteiger partial charge on any atom is 0.221 e. The number of hydrogen-bond acceptors (Lipinski definition) is 3. The van der Waals surface area contributed by atoms with Crippen LogP contribution in [0.15, 0.2) is 0 Å². The first-order valence-corrected chi connectivity index (χ1v) is 7.29. The molecule has 4 nitrogen and oxygen atoms in total. The van der Waals surface area contributed by atoms with Crippen molar-refractivity contribution in [1.82, 2.24) is 10.2 Å². The fraction of sp³-hybridized carbons (Fsp3) is 0.929. The molecule has 1 aliphatic rings. The van der Waals surface area contributed by atoms with Gasteiger partial charge < -0.3 is 11.1 Å². The number of carbonyl (C=O) groups excluding carboxylic acids is 1. The molecule has 2 unspecified atom stereocenters. The van der Waals surface area contributed by atoms with Gasteiger partial charge in [-0.2, -0.15) is 0 Å². The second-order valence-corrected chi connectivity index (χ2v) is 5.73. The Bertz CT molecular complexity index is 255. The van der Waals surface area contributed by atoms with Crippen LogP contribution in [0.2, 0.25) is 0 Å². The van der Waals surface area contributed by atoms with E-state index in [0.29, 0.717) is 13.0 Å². The summed E-state index contributed by atoms with van der Waals surface area (Å²) in [5, 5.41) is 2.93. The molecule has 1 aliphatic heterocycles. The lowest BCUT2D eigenvalue weighted by atomic mass is 9.95. The van der Waals surface area contributed by atoms with Gasteiger partial charge >= 0.3 is 0 Å². The minimum Gasteiger partial charge on any atom is -0.356 e. The molecule has 0 aromatic heterocycles. The van der Waals surface area contributed by atoms with E-state index in [1.165, 1.54) is 6.42 Å². The van der Waals surface area contributed by atoms with E-state index in [-0.39, 0.29) is 11.9 Å². The van der Waals surface area contributed by atoms with Gasteiger partial charge in [0, 0.05) is 32.1 Å². The first-order chi connectivity index (χ1) is 8.58. The Hall–Kier alpha value is -0.610. The standard InChI is InChI=1S/C14H29N3O/c1-4-6-16-14(18)8-13(9-15)17-7-5-12(10-17)11(2)3/h11-13H,4-10,15H2,1-3H3,(H,16,18). The van der Waals surface area contributed by atoms with Gasteiger partial charge in [0.1, 0.15) is 0 Å². The smallest absolute Gasteiger partial charge is 0.221 e. The Kier molecular flexibility index (Phi) is 6.65. The van der Waals surface area contributed by atoms with Gasteiger partial charge in [-0.05, 0) is 31.2 Å². The van der Waals surface area contributed by atoms with Crippen LogP contribution in [-0.4, -0.2) is 43.0 Å². The molecule has 1 saturated heterocycles. The zero-order chi connectivity index (χ0) is 13.5. The lowest BCUT2D eigenvalue weighted by Gasteiger charge is -2.26. The number of amides is 1. The second kappa shape index (κ2) is 7.74. The van der Waals surface area contributed by atoms with E-state index >= 15 is 0 Å². The van der Waals surface area contributed by atoms with Crippen LogP contribution in [0, 0.1) is 11.8 Å². The Morgan fingerprint density at radius 3 is 2.72 bits per heavy atom. The Labute approximate surface area is 111 Å². The van der Waals surface area contributed by atoms with Gasteiger partial charge in [-0.1, -0.05) is 20.8 Å². The van der Waals surface area contributed by atoms with Crippen LogP contribution in [0.3, 0.4) is 0 Å². The molecule has 4 heteroatoms. The molecule has 1 heterocycles. The normalized spacial score (nSPS) is 22.4. The molecule has 1 rings (SSSR count). The maximum absolute atomic E-state index is 11.8. The minimum absolute atomic E-state index is 0.139. The third-order valence-electron chi connectivity index (χ3n) is 3.98. The summed E-state index contributed by atoms with van der Waals surface area (Å²) in [6.45, 7) is 10.1. The molecule has 106 valence electrons. The molecule has 0 aromatic rings. The number of nitrogens with one attached hydrogen (secondary N) is 1. The highest BCUT2D eigenvalue weighted by Gasteiger charge is 2.30. The van der Waals surface area contributed by atoms with Gasteiger partial charge in [0.15, 0.2) is 0 Å². The molecule has 0 saturated carbocycles. The first kappa shape index (κ1) is 15.4. The fourth-order valence-electron chi connectivity index (χ4n) is 2.60. The molecule has 1 amide bonds. The van der Waals surface area contributed by atoms with Gasteiger partial charge in [-0.3, -0.25) is 9.69 Å². The van der Waals surface area contributed by atoms with E-state index in [1.807, 2.05) is 0 Å². The summed E-state index contributed by atoms with van der Waals surface area (Å²) in [7, 11) is 0. The highest BCUT2D eigenvalue weighted by molar-refractivity contribution is 5.76. The van der Waals surface area contributed by atoms with E-state index in [4.69, 9.17) is 5.73 Å². The fourth-order valence-corrected chi connectivity index (χ4v) is 2.60. The minimum atomic E-state index is 0.139. The van der Waals surface area contributed by atoms with Crippen molar-refractivity contribution < 1.29 is 4.79 Å². The predicted octanol–water partition coefficient (Wildman–Crippen LogP) is 1.21. The van der Waals surface area contributed by atoms with Crippen LogP contribution in [-0.2, 0) is 4.79 Å². The van der Waals surface area contributed by atoms with Gasteiger partial charge in [0.25, 0.3) is 0 Å². The largest absolute Gasteiger partial charge is 0.356 e. The van der Waals surface area contributed by atoms with Crippen molar-refractivity contribution >= 4 is 5.91 Å². The van der Waals surface area contributed by atoms with E-state index in [2.05, 4.69) is 31.0 Å². The van der Waals surface area contributed by atoms with E-state index in [0.717, 1.165) is 37.9 Å². The van der Waals surface area contributed by atoms with Crippen LogP contribution in [0.25, 0.3) is 0 Å². The average Bonchev–Trinajstić information content (AvgIpc) is 2.83. The van der Waals surface area contributed by atoms with Crippen molar-refractivity contribution in [3.05, 3.63) is 0 Å². The topological polar surface area (TPSA) is 58.4 Å². The third-order valence-corrected chi connectivity index (χ3v) is 3.98. The zero-order valence-corrected chi connectivity index (χ0v) is 12.1. The summed E-state index contributed by atoms with van der Waals surface area (Å²) in [5.74, 6) is 1.63. The van der Waals surface area contributed by atoms with Gasteiger partial charge in [0.05, 0.1) is 0 Å². The van der Waals surface area contributed by atoms with Crippen molar-refractivity contribution in [1.29, 1.82) is 0 Å². The quantitative estimate of drug-likeness (QED) is 0.719. The van der Waals surface area contributed by atoms with E-state index < -0.39 is 0 Å². The van der Waals surface area contributed by atoms with Crippen LogP contribution >= 0.6 is 0 Å². The second-order valence-electron chi connectivity index (χ2n) is 5.73. The summed E-state index contributed by atoms with van der Waals surface area (Å²) in [5.41, 5.74) is 5.83. The first-order valence-electron chi connectivity index (χ1n) is 7.29. The number of likely N-dealkylation sites (tertiary alicyclic amines) is 1. The lowest BCUT2D eigenvalue weighted by Crippen LogP contribution is -2.43. The van der Waals surface area contributed by atoms with E-state index in [9.17, 15) is 4.79 Å². The van der Waals surface area contributed by atoms with Gasteiger partial charge in [-0.25, -0.2) is 0 Å². The summed E-state index contributed by atoms with van der Waals surface area (Å²) in [6, 6.07) is 0.214. The molecule has 0 aromatic carbocycles. The Morgan fingerprint density at radius 2 is 2.22 bits per heavy atom. The summed E-state index contributed by atoms with van der Waals surface area (Å²) < 4.78 is 0. The molecule has 0 bridgehead atoms. The monoisotopic (exact) mass is 255 g/mol. The molecule has 0 aliphatic carbocycles. The average molecular weight is 255 g/mol. The molecule has 0 spiro atoms. The lowest BCUT2D eigenvalue weighted by molar-refractivity contribution is -0.122. The SMILES string of the molecule is CCCNC(=O)CC(CN)N1CCC(C(C)C)C1. The Morgan fingerprint density at radius 1 is 1.50 bits per heavy atom. The van der Waals surface area contributed by atoms with Gasteiger partial charge in [0.2, 0.25) is 5.91 Å². The molecular weight excluding hydrogens is 226 g/mol. The number of rotatable bonds is 7. The molecule has 0 radical (unpaired) electrons. The maximum atomic E-state index is 11.8. The van der Waals surface area contributed by atoms with Crippen molar-refractivity contribution in [3.8, 4) is 0 Å². The van der Waals surface area contributed by atoms with Crippen molar-refractivity contribution in [3.63, 3.8) is 0 Å². The highest BCUT2D eigenvalue weighted by Crippen LogP contribution is 2.25. The Balaban J connectivity index is 2.40.